The van der Waals surface area contributed by atoms with E-state index in [0.717, 1.165) is 4.90 Å². The topological polar surface area (TPSA) is 62.6 Å². The lowest BCUT2D eigenvalue weighted by atomic mass is 10.2. The SMILES string of the molecule is C[C@H](C(=O)Nc1ccc(Cl)cc1)[NH+](C)CC(=O)Nc1ccc(Cl)cc1. The highest BCUT2D eigenvalue weighted by molar-refractivity contribution is 6.31. The van der Waals surface area contributed by atoms with Crippen LogP contribution in [0.2, 0.25) is 10.0 Å². The van der Waals surface area contributed by atoms with Crippen molar-refractivity contribution in [1.29, 1.82) is 0 Å². The number of benzene rings is 2. The maximum Gasteiger partial charge on any atom is 0.282 e. The third-order valence-corrected chi connectivity index (χ3v) is 4.32. The smallest absolute Gasteiger partial charge is 0.282 e. The molecule has 3 N–H and O–H groups in total. The Kier molecular flexibility index (Phi) is 6.82. The van der Waals surface area contributed by atoms with Crippen molar-refractivity contribution in [3.8, 4) is 0 Å². The van der Waals surface area contributed by atoms with Crippen LogP contribution in [0.3, 0.4) is 0 Å². The van der Waals surface area contributed by atoms with Crippen LogP contribution in [0.4, 0.5) is 11.4 Å². The quantitative estimate of drug-likeness (QED) is 0.720. The van der Waals surface area contributed by atoms with Crippen molar-refractivity contribution in [3.05, 3.63) is 58.6 Å². The lowest BCUT2D eigenvalue weighted by Crippen LogP contribution is -3.14. The maximum absolute atomic E-state index is 12.3. The number of amides is 2. The van der Waals surface area contributed by atoms with Crippen LogP contribution in [-0.4, -0.2) is 31.4 Å². The van der Waals surface area contributed by atoms with Gasteiger partial charge in [-0.15, -0.1) is 0 Å². The van der Waals surface area contributed by atoms with E-state index in [-0.39, 0.29) is 18.4 Å². The van der Waals surface area contributed by atoms with Crippen LogP contribution in [0.25, 0.3) is 0 Å². The summed E-state index contributed by atoms with van der Waals surface area (Å²) in [5.74, 6) is -0.343. The first kappa shape index (κ1) is 19.2. The highest BCUT2D eigenvalue weighted by atomic mass is 35.5. The predicted octanol–water partition coefficient (Wildman–Crippen LogP) is 2.47. The van der Waals surface area contributed by atoms with E-state index in [2.05, 4.69) is 10.6 Å². The molecule has 0 heterocycles. The van der Waals surface area contributed by atoms with Crippen molar-refractivity contribution in [2.24, 2.45) is 0 Å². The molecule has 0 saturated heterocycles. The molecule has 0 saturated carbocycles. The Morgan fingerprint density at radius 3 is 1.84 bits per heavy atom. The van der Waals surface area contributed by atoms with E-state index >= 15 is 0 Å². The third-order valence-electron chi connectivity index (χ3n) is 3.81. The zero-order valence-corrected chi connectivity index (χ0v) is 15.5. The zero-order valence-electron chi connectivity index (χ0n) is 14.0. The van der Waals surface area contributed by atoms with E-state index in [9.17, 15) is 9.59 Å². The van der Waals surface area contributed by atoms with Crippen molar-refractivity contribution < 1.29 is 14.5 Å². The van der Waals surface area contributed by atoms with Gasteiger partial charge in [-0.2, -0.15) is 0 Å². The summed E-state index contributed by atoms with van der Waals surface area (Å²) in [5.41, 5.74) is 1.33. The fraction of sp³-hybridized carbons (Fsp3) is 0.222. The Morgan fingerprint density at radius 1 is 0.920 bits per heavy atom. The monoisotopic (exact) mass is 380 g/mol. The van der Waals surface area contributed by atoms with E-state index < -0.39 is 6.04 Å². The molecule has 0 aliphatic heterocycles. The van der Waals surface area contributed by atoms with Gasteiger partial charge in [0.1, 0.15) is 0 Å². The normalized spacial score (nSPS) is 13.0. The second-order valence-corrected chi connectivity index (χ2v) is 6.67. The highest BCUT2D eigenvalue weighted by Crippen LogP contribution is 2.14. The number of nitrogens with one attached hydrogen (secondary N) is 3. The molecule has 2 amide bonds. The first-order valence-electron chi connectivity index (χ1n) is 7.79. The minimum Gasteiger partial charge on any atom is -0.321 e. The van der Waals surface area contributed by atoms with Crippen molar-refractivity contribution in [2.45, 2.75) is 13.0 Å². The lowest BCUT2D eigenvalue weighted by Gasteiger charge is -2.20. The third kappa shape index (κ3) is 6.05. The lowest BCUT2D eigenvalue weighted by molar-refractivity contribution is -0.885. The minimum atomic E-state index is -0.397. The van der Waals surface area contributed by atoms with Crippen LogP contribution in [0.5, 0.6) is 0 Å². The molecule has 0 aromatic heterocycles. The molecule has 2 atom stereocenters. The number of anilines is 2. The molecule has 2 aromatic rings. The number of likely N-dealkylation sites (N-methyl/N-ethyl adjacent to an activating group) is 1. The van der Waals surface area contributed by atoms with Crippen LogP contribution in [-0.2, 0) is 9.59 Å². The molecular formula is C18H20Cl2N3O2+. The molecule has 2 aromatic carbocycles. The van der Waals surface area contributed by atoms with Gasteiger partial charge in [0.05, 0.1) is 7.05 Å². The van der Waals surface area contributed by atoms with E-state index in [4.69, 9.17) is 23.2 Å². The highest BCUT2D eigenvalue weighted by Gasteiger charge is 2.24. The van der Waals surface area contributed by atoms with Gasteiger partial charge in [-0.1, -0.05) is 23.2 Å². The first-order valence-corrected chi connectivity index (χ1v) is 8.55. The molecule has 0 spiro atoms. The second kappa shape index (κ2) is 8.85. The Balaban J connectivity index is 1.86. The molecule has 0 bridgehead atoms. The summed E-state index contributed by atoms with van der Waals surface area (Å²) in [6.07, 6.45) is 0. The second-order valence-electron chi connectivity index (χ2n) is 5.80. The molecule has 0 radical (unpaired) electrons. The average molecular weight is 381 g/mol. The molecular weight excluding hydrogens is 361 g/mol. The van der Waals surface area contributed by atoms with Crippen LogP contribution >= 0.6 is 23.2 Å². The Bertz CT molecular complexity index is 733. The van der Waals surface area contributed by atoms with Crippen LogP contribution < -0.4 is 15.5 Å². The maximum atomic E-state index is 12.3. The number of hydrogen-bond donors (Lipinski definition) is 3. The van der Waals surface area contributed by atoms with Crippen LogP contribution in [0.1, 0.15) is 6.92 Å². The van der Waals surface area contributed by atoms with Crippen LogP contribution in [0, 0.1) is 0 Å². The fourth-order valence-electron chi connectivity index (χ4n) is 2.15. The zero-order chi connectivity index (χ0) is 18.4. The molecule has 0 fully saturated rings. The van der Waals surface area contributed by atoms with Gasteiger partial charge in [0.2, 0.25) is 0 Å². The van der Waals surface area contributed by atoms with E-state index in [1.807, 2.05) is 0 Å². The van der Waals surface area contributed by atoms with Crippen LogP contribution in [0.15, 0.2) is 48.5 Å². The molecule has 5 nitrogen and oxygen atoms in total. The van der Waals surface area contributed by atoms with Gasteiger partial charge in [-0.05, 0) is 55.5 Å². The van der Waals surface area contributed by atoms with Gasteiger partial charge in [0.25, 0.3) is 11.8 Å². The number of carbonyl (C=O) groups is 2. The number of halogens is 2. The molecule has 132 valence electrons. The van der Waals surface area contributed by atoms with Gasteiger partial charge in [0, 0.05) is 21.4 Å². The van der Waals surface area contributed by atoms with Crippen molar-refractivity contribution in [3.63, 3.8) is 0 Å². The summed E-state index contributed by atoms with van der Waals surface area (Å²) in [7, 11) is 1.80. The van der Waals surface area contributed by atoms with Gasteiger partial charge in [0.15, 0.2) is 12.6 Å². The summed E-state index contributed by atoms with van der Waals surface area (Å²) >= 11 is 11.6. The number of carbonyl (C=O) groups excluding carboxylic acids is 2. The number of hydrogen-bond acceptors (Lipinski definition) is 2. The fourth-order valence-corrected chi connectivity index (χ4v) is 2.40. The molecule has 0 aliphatic rings. The summed E-state index contributed by atoms with van der Waals surface area (Å²) in [6, 6.07) is 13.3. The van der Waals surface area contributed by atoms with Gasteiger partial charge >= 0.3 is 0 Å². The van der Waals surface area contributed by atoms with Crippen molar-refractivity contribution in [1.82, 2.24) is 0 Å². The Hall–Kier alpha value is -2.08. The molecule has 0 aliphatic carbocycles. The summed E-state index contributed by atoms with van der Waals surface area (Å²) in [4.78, 5) is 25.2. The van der Waals surface area contributed by atoms with Gasteiger partial charge < -0.3 is 15.5 Å². The average Bonchev–Trinajstić information content (AvgIpc) is 2.58. The standard InChI is InChI=1S/C18H19Cl2N3O2/c1-12(18(25)22-16-9-5-14(20)6-10-16)23(2)11-17(24)21-15-7-3-13(19)4-8-15/h3-10,12H,11H2,1-2H3,(H,21,24)(H,22,25)/p+1/t12-/m1/s1. The molecule has 25 heavy (non-hydrogen) atoms. The number of quaternary nitrogens is 1. The minimum absolute atomic E-state index is 0.165. The van der Waals surface area contributed by atoms with Gasteiger partial charge in [-0.3, -0.25) is 9.59 Å². The summed E-state index contributed by atoms with van der Waals surface area (Å²) in [5, 5.41) is 6.81. The Labute approximate surface area is 156 Å². The van der Waals surface area contributed by atoms with Crippen molar-refractivity contribution >= 4 is 46.4 Å². The largest absolute Gasteiger partial charge is 0.321 e. The van der Waals surface area contributed by atoms with E-state index in [1.165, 1.54) is 0 Å². The molecule has 2 rings (SSSR count). The molecule has 7 heteroatoms. The summed E-state index contributed by atoms with van der Waals surface area (Å²) < 4.78 is 0. The van der Waals surface area contributed by atoms with E-state index in [0.29, 0.717) is 21.4 Å². The predicted molar refractivity (Wildman–Crippen MR) is 101 cm³/mol. The van der Waals surface area contributed by atoms with Gasteiger partial charge in [-0.25, -0.2) is 0 Å². The molecule has 1 unspecified atom stereocenters. The van der Waals surface area contributed by atoms with E-state index in [1.54, 1.807) is 62.5 Å². The Morgan fingerprint density at radius 2 is 1.36 bits per heavy atom. The first-order chi connectivity index (χ1) is 11.8. The number of rotatable bonds is 6. The summed E-state index contributed by atoms with van der Waals surface area (Å²) in [6.45, 7) is 1.94. The van der Waals surface area contributed by atoms with Crippen molar-refractivity contribution in [2.75, 3.05) is 24.2 Å².